The highest BCUT2D eigenvalue weighted by Crippen LogP contribution is 2.20. The molecule has 3 rings (SSSR count). The van der Waals surface area contributed by atoms with Crippen molar-refractivity contribution in [3.63, 3.8) is 0 Å². The number of allylic oxidation sites excluding steroid dienone is 1. The molecule has 6 nitrogen and oxygen atoms in total. The zero-order valence-corrected chi connectivity index (χ0v) is 15.0. The molecule has 6 heteroatoms. The van der Waals surface area contributed by atoms with Gasteiger partial charge in [-0.3, -0.25) is 4.79 Å². The van der Waals surface area contributed by atoms with Gasteiger partial charge in [-0.15, -0.1) is 0 Å². The van der Waals surface area contributed by atoms with Gasteiger partial charge >= 0.3 is 0 Å². The second kappa shape index (κ2) is 8.99. The maximum atomic E-state index is 12.4. The number of hydrogen-bond acceptors (Lipinski definition) is 5. The van der Waals surface area contributed by atoms with Gasteiger partial charge in [0.25, 0.3) is 5.91 Å². The zero-order valence-electron chi connectivity index (χ0n) is 15.0. The fourth-order valence-corrected chi connectivity index (χ4v) is 2.91. The number of amides is 1. The van der Waals surface area contributed by atoms with Gasteiger partial charge in [0, 0.05) is 18.4 Å². The Morgan fingerprint density at radius 1 is 1.19 bits per heavy atom. The van der Waals surface area contributed by atoms with Gasteiger partial charge in [0.15, 0.2) is 0 Å². The molecule has 1 aromatic carbocycles. The van der Waals surface area contributed by atoms with Gasteiger partial charge in [-0.05, 0) is 62.4 Å². The number of benzene rings is 1. The highest BCUT2D eigenvalue weighted by molar-refractivity contribution is 6.02. The standard InChI is InChI=1S/C20H24N4O2/c1-26-17-9-7-16(8-10-17)23-19(25)18-12-14-22-20(24-18)21-13-11-15-5-3-2-4-6-15/h5,7-10,12,14H,2-4,6,11,13H2,1H3,(H,23,25)(H,21,22,24). The van der Waals surface area contributed by atoms with E-state index in [1.807, 2.05) is 0 Å². The summed E-state index contributed by atoms with van der Waals surface area (Å²) in [6, 6.07) is 8.77. The lowest BCUT2D eigenvalue weighted by atomic mass is 9.97. The summed E-state index contributed by atoms with van der Waals surface area (Å²) >= 11 is 0. The average molecular weight is 352 g/mol. The molecule has 1 aliphatic rings. The summed E-state index contributed by atoms with van der Waals surface area (Å²) in [5.41, 5.74) is 2.51. The number of carbonyl (C=O) groups is 1. The monoisotopic (exact) mass is 352 g/mol. The molecule has 2 N–H and O–H groups in total. The number of nitrogens with one attached hydrogen (secondary N) is 2. The maximum absolute atomic E-state index is 12.4. The van der Waals surface area contributed by atoms with E-state index in [4.69, 9.17) is 4.74 Å². The lowest BCUT2D eigenvalue weighted by Gasteiger charge is -2.13. The number of carbonyl (C=O) groups excluding carboxylic acids is 1. The molecule has 0 bridgehead atoms. The molecular formula is C20H24N4O2. The summed E-state index contributed by atoms with van der Waals surface area (Å²) in [4.78, 5) is 20.9. The van der Waals surface area contributed by atoms with Crippen LogP contribution in [0.4, 0.5) is 11.6 Å². The molecule has 26 heavy (non-hydrogen) atoms. The smallest absolute Gasteiger partial charge is 0.274 e. The third kappa shape index (κ3) is 5.05. The first kappa shape index (κ1) is 17.9. The molecule has 0 radical (unpaired) electrons. The molecule has 136 valence electrons. The third-order valence-electron chi connectivity index (χ3n) is 4.35. The first-order valence-electron chi connectivity index (χ1n) is 8.95. The minimum atomic E-state index is -0.268. The molecule has 0 spiro atoms. The van der Waals surface area contributed by atoms with Crippen LogP contribution in [0.15, 0.2) is 48.2 Å². The molecule has 0 saturated carbocycles. The van der Waals surface area contributed by atoms with Gasteiger partial charge in [0.05, 0.1) is 7.11 Å². The highest BCUT2D eigenvalue weighted by atomic mass is 16.5. The molecule has 2 aromatic rings. The van der Waals surface area contributed by atoms with Gasteiger partial charge in [-0.25, -0.2) is 9.97 Å². The van der Waals surface area contributed by atoms with Crippen molar-refractivity contribution in [1.29, 1.82) is 0 Å². The normalized spacial score (nSPS) is 13.7. The minimum Gasteiger partial charge on any atom is -0.497 e. The second-order valence-electron chi connectivity index (χ2n) is 6.23. The van der Waals surface area contributed by atoms with Crippen LogP contribution < -0.4 is 15.4 Å². The molecule has 0 atom stereocenters. The van der Waals surface area contributed by atoms with E-state index in [9.17, 15) is 4.79 Å². The first-order valence-corrected chi connectivity index (χ1v) is 8.95. The Bertz CT molecular complexity index is 772. The van der Waals surface area contributed by atoms with E-state index in [1.54, 1.807) is 43.6 Å². The van der Waals surface area contributed by atoms with Crippen molar-refractivity contribution in [3.05, 3.63) is 53.9 Å². The van der Waals surface area contributed by atoms with E-state index >= 15 is 0 Å². The van der Waals surface area contributed by atoms with E-state index in [2.05, 4.69) is 26.7 Å². The van der Waals surface area contributed by atoms with Crippen LogP contribution in [0, 0.1) is 0 Å². The Hall–Kier alpha value is -2.89. The van der Waals surface area contributed by atoms with Gasteiger partial charge < -0.3 is 15.4 Å². The van der Waals surface area contributed by atoms with Crippen molar-refractivity contribution >= 4 is 17.5 Å². The van der Waals surface area contributed by atoms with Gasteiger partial charge in [-0.1, -0.05) is 11.6 Å². The highest BCUT2D eigenvalue weighted by Gasteiger charge is 2.10. The number of nitrogens with zero attached hydrogens (tertiary/aromatic N) is 2. The summed E-state index contributed by atoms with van der Waals surface area (Å²) < 4.78 is 5.11. The fourth-order valence-electron chi connectivity index (χ4n) is 2.91. The lowest BCUT2D eigenvalue weighted by molar-refractivity contribution is 0.102. The Morgan fingerprint density at radius 3 is 2.77 bits per heavy atom. The SMILES string of the molecule is COc1ccc(NC(=O)c2ccnc(NCCC3=CCCCC3)n2)cc1. The largest absolute Gasteiger partial charge is 0.497 e. The van der Waals surface area contributed by atoms with Crippen LogP contribution in [0.5, 0.6) is 5.75 Å². The van der Waals surface area contributed by atoms with Crippen LogP contribution in [0.25, 0.3) is 0 Å². The average Bonchev–Trinajstić information content (AvgIpc) is 2.69. The molecule has 1 amide bonds. The number of anilines is 2. The van der Waals surface area contributed by atoms with E-state index < -0.39 is 0 Å². The van der Waals surface area contributed by atoms with Crippen molar-refractivity contribution in [1.82, 2.24) is 9.97 Å². The van der Waals surface area contributed by atoms with Crippen molar-refractivity contribution < 1.29 is 9.53 Å². The maximum Gasteiger partial charge on any atom is 0.274 e. The van der Waals surface area contributed by atoms with E-state index in [-0.39, 0.29) is 5.91 Å². The van der Waals surface area contributed by atoms with Crippen molar-refractivity contribution in [2.75, 3.05) is 24.3 Å². The fraction of sp³-hybridized carbons (Fsp3) is 0.350. The van der Waals surface area contributed by atoms with Crippen molar-refractivity contribution in [3.8, 4) is 5.75 Å². The van der Waals surface area contributed by atoms with Gasteiger partial charge in [0.2, 0.25) is 5.95 Å². The quantitative estimate of drug-likeness (QED) is 0.736. The number of methoxy groups -OCH3 is 1. The summed E-state index contributed by atoms with van der Waals surface area (Å²) in [5, 5.41) is 6.03. The Kier molecular flexibility index (Phi) is 6.19. The van der Waals surface area contributed by atoms with Crippen LogP contribution in [0.2, 0.25) is 0 Å². The van der Waals surface area contributed by atoms with Crippen LogP contribution in [0.3, 0.4) is 0 Å². The Balaban J connectivity index is 1.55. The molecule has 0 unspecified atom stereocenters. The van der Waals surface area contributed by atoms with Gasteiger partial charge in [0.1, 0.15) is 11.4 Å². The summed E-state index contributed by atoms with van der Waals surface area (Å²) in [6.07, 6.45) is 9.88. The number of hydrogen-bond donors (Lipinski definition) is 2. The number of rotatable bonds is 7. The summed E-state index contributed by atoms with van der Waals surface area (Å²) in [7, 11) is 1.60. The topological polar surface area (TPSA) is 76.1 Å². The molecule has 0 aliphatic heterocycles. The number of aromatic nitrogens is 2. The number of ether oxygens (including phenoxy) is 1. The minimum absolute atomic E-state index is 0.268. The van der Waals surface area contributed by atoms with Crippen LogP contribution in [-0.2, 0) is 0 Å². The third-order valence-corrected chi connectivity index (χ3v) is 4.35. The van der Waals surface area contributed by atoms with E-state index in [0.29, 0.717) is 17.3 Å². The van der Waals surface area contributed by atoms with Crippen LogP contribution in [-0.4, -0.2) is 29.5 Å². The predicted octanol–water partition coefficient (Wildman–Crippen LogP) is 4.04. The van der Waals surface area contributed by atoms with E-state index in [0.717, 1.165) is 18.7 Å². The van der Waals surface area contributed by atoms with Crippen molar-refractivity contribution in [2.24, 2.45) is 0 Å². The molecule has 0 fully saturated rings. The molecule has 0 saturated heterocycles. The molecule has 1 aliphatic carbocycles. The van der Waals surface area contributed by atoms with E-state index in [1.165, 1.54) is 31.3 Å². The molecule has 1 aromatic heterocycles. The lowest BCUT2D eigenvalue weighted by Crippen LogP contribution is -2.15. The van der Waals surface area contributed by atoms with Crippen LogP contribution >= 0.6 is 0 Å². The van der Waals surface area contributed by atoms with Gasteiger partial charge in [-0.2, -0.15) is 0 Å². The predicted molar refractivity (Wildman–Crippen MR) is 103 cm³/mol. The second-order valence-corrected chi connectivity index (χ2v) is 6.23. The van der Waals surface area contributed by atoms with Crippen LogP contribution in [0.1, 0.15) is 42.6 Å². The molecule has 1 heterocycles. The summed E-state index contributed by atoms with van der Waals surface area (Å²) in [5.74, 6) is 0.948. The zero-order chi connectivity index (χ0) is 18.2. The first-order chi connectivity index (χ1) is 12.7. The Morgan fingerprint density at radius 2 is 2.04 bits per heavy atom. The van der Waals surface area contributed by atoms with Crippen molar-refractivity contribution in [2.45, 2.75) is 32.1 Å². The summed E-state index contributed by atoms with van der Waals surface area (Å²) in [6.45, 7) is 0.773. The Labute approximate surface area is 153 Å². The molecular weight excluding hydrogens is 328 g/mol.